The molecule has 0 aromatic carbocycles. The molecule has 0 radical (unpaired) electrons. The molecule has 2 heterocycles. The van der Waals surface area contributed by atoms with Crippen molar-refractivity contribution in [2.24, 2.45) is 0 Å². The normalized spacial score (nSPS) is 24.2. The first kappa shape index (κ1) is 12.7. The van der Waals surface area contributed by atoms with Crippen molar-refractivity contribution in [2.75, 3.05) is 6.54 Å². The number of aromatic nitrogens is 1. The van der Waals surface area contributed by atoms with Crippen LogP contribution in [-0.4, -0.2) is 22.9 Å². The van der Waals surface area contributed by atoms with E-state index in [1.807, 2.05) is 6.92 Å². The van der Waals surface area contributed by atoms with E-state index in [2.05, 4.69) is 24.1 Å². The Morgan fingerprint density at radius 1 is 1.53 bits per heavy atom. The minimum atomic E-state index is -0.270. The summed E-state index contributed by atoms with van der Waals surface area (Å²) in [5.41, 5.74) is 0.788. The van der Waals surface area contributed by atoms with Crippen molar-refractivity contribution >= 4 is 17.1 Å². The van der Waals surface area contributed by atoms with Crippen molar-refractivity contribution in [1.29, 1.82) is 0 Å². The molecule has 1 N–H and O–H groups in total. The summed E-state index contributed by atoms with van der Waals surface area (Å²) in [6, 6.07) is 0. The van der Waals surface area contributed by atoms with Crippen LogP contribution in [0.25, 0.3) is 0 Å². The molecule has 0 aliphatic carbocycles. The number of carbonyl (C=O) groups excluding carboxylic acids is 1. The summed E-state index contributed by atoms with van der Waals surface area (Å²) in [6.45, 7) is 7.12. The summed E-state index contributed by atoms with van der Waals surface area (Å²) in [4.78, 5) is 18.1. The van der Waals surface area contributed by atoms with Crippen LogP contribution in [0.5, 0.6) is 0 Å². The third-order valence-electron chi connectivity index (χ3n) is 3.77. The lowest BCUT2D eigenvalue weighted by Gasteiger charge is -2.25. The molecule has 0 saturated carbocycles. The van der Waals surface area contributed by atoms with Crippen molar-refractivity contribution in [3.63, 3.8) is 0 Å². The van der Waals surface area contributed by atoms with Gasteiger partial charge in [-0.2, -0.15) is 0 Å². The van der Waals surface area contributed by atoms with E-state index in [0.29, 0.717) is 12.2 Å². The maximum Gasteiger partial charge on any atom is 0.159 e. The SMILES string of the molecule is CCC1(C(=O)Cc2nc(C)c(C)s2)CCCN1. The van der Waals surface area contributed by atoms with Gasteiger partial charge in [0.05, 0.1) is 17.7 Å². The first-order valence-corrected chi connectivity index (χ1v) is 7.10. The summed E-state index contributed by atoms with van der Waals surface area (Å²) in [5.74, 6) is 0.311. The quantitative estimate of drug-likeness (QED) is 0.894. The first-order valence-electron chi connectivity index (χ1n) is 6.28. The van der Waals surface area contributed by atoms with Gasteiger partial charge in [0.25, 0.3) is 0 Å². The van der Waals surface area contributed by atoms with Crippen molar-refractivity contribution in [1.82, 2.24) is 10.3 Å². The van der Waals surface area contributed by atoms with E-state index >= 15 is 0 Å². The number of hydrogen-bond acceptors (Lipinski definition) is 4. The van der Waals surface area contributed by atoms with E-state index in [-0.39, 0.29) is 5.54 Å². The van der Waals surface area contributed by atoms with Crippen LogP contribution in [0.3, 0.4) is 0 Å². The zero-order valence-corrected chi connectivity index (χ0v) is 11.6. The topological polar surface area (TPSA) is 42.0 Å². The maximum absolute atomic E-state index is 12.4. The fourth-order valence-electron chi connectivity index (χ4n) is 2.46. The van der Waals surface area contributed by atoms with Gasteiger partial charge in [-0.25, -0.2) is 4.98 Å². The highest BCUT2D eigenvalue weighted by atomic mass is 32.1. The summed E-state index contributed by atoms with van der Waals surface area (Å²) >= 11 is 1.65. The van der Waals surface area contributed by atoms with Gasteiger partial charge >= 0.3 is 0 Å². The molecule has 94 valence electrons. The summed E-state index contributed by atoms with van der Waals surface area (Å²) < 4.78 is 0. The predicted octanol–water partition coefficient (Wildman–Crippen LogP) is 2.40. The molecular formula is C13H20N2OS. The van der Waals surface area contributed by atoms with Crippen LogP contribution in [-0.2, 0) is 11.2 Å². The Hall–Kier alpha value is -0.740. The monoisotopic (exact) mass is 252 g/mol. The van der Waals surface area contributed by atoms with E-state index in [4.69, 9.17) is 0 Å². The summed E-state index contributed by atoms with van der Waals surface area (Å²) in [7, 11) is 0. The lowest BCUT2D eigenvalue weighted by atomic mass is 9.88. The smallest absolute Gasteiger partial charge is 0.159 e. The van der Waals surface area contributed by atoms with E-state index < -0.39 is 0 Å². The zero-order chi connectivity index (χ0) is 12.5. The van der Waals surface area contributed by atoms with Crippen molar-refractivity contribution in [2.45, 2.75) is 52.0 Å². The third kappa shape index (κ3) is 2.43. The molecule has 4 heteroatoms. The van der Waals surface area contributed by atoms with Crippen LogP contribution in [0, 0.1) is 13.8 Å². The van der Waals surface area contributed by atoms with Crippen LogP contribution in [0.1, 0.15) is 41.8 Å². The Kier molecular flexibility index (Phi) is 3.64. The van der Waals surface area contributed by atoms with E-state index in [1.165, 1.54) is 4.88 Å². The van der Waals surface area contributed by atoms with Crippen molar-refractivity contribution < 1.29 is 4.79 Å². The number of carbonyl (C=O) groups is 1. The lowest BCUT2D eigenvalue weighted by Crippen LogP contribution is -2.47. The molecule has 0 bridgehead atoms. The number of rotatable bonds is 4. The van der Waals surface area contributed by atoms with Gasteiger partial charge in [0.1, 0.15) is 5.01 Å². The number of hydrogen-bond donors (Lipinski definition) is 1. The fourth-order valence-corrected chi connectivity index (χ4v) is 3.40. The maximum atomic E-state index is 12.4. The summed E-state index contributed by atoms with van der Waals surface area (Å²) in [5, 5.41) is 4.35. The first-order chi connectivity index (χ1) is 8.07. The highest BCUT2D eigenvalue weighted by Crippen LogP contribution is 2.27. The van der Waals surface area contributed by atoms with Gasteiger partial charge in [0.15, 0.2) is 5.78 Å². The average molecular weight is 252 g/mol. The van der Waals surface area contributed by atoms with Crippen LogP contribution < -0.4 is 5.32 Å². The highest BCUT2D eigenvalue weighted by molar-refractivity contribution is 7.11. The molecule has 1 saturated heterocycles. The molecule has 1 unspecified atom stereocenters. The molecule has 17 heavy (non-hydrogen) atoms. The molecule has 1 atom stereocenters. The molecule has 0 spiro atoms. The Morgan fingerprint density at radius 2 is 2.29 bits per heavy atom. The predicted molar refractivity (Wildman–Crippen MR) is 70.6 cm³/mol. The van der Waals surface area contributed by atoms with Gasteiger partial charge in [0, 0.05) is 4.88 Å². The molecule has 1 fully saturated rings. The molecule has 3 nitrogen and oxygen atoms in total. The second-order valence-corrected chi connectivity index (χ2v) is 6.10. The van der Waals surface area contributed by atoms with Gasteiger partial charge in [-0.1, -0.05) is 6.92 Å². The third-order valence-corrected chi connectivity index (χ3v) is 4.84. The molecule has 0 amide bonds. The number of nitrogens with one attached hydrogen (secondary N) is 1. The molecule has 1 aromatic rings. The van der Waals surface area contributed by atoms with Crippen LogP contribution >= 0.6 is 11.3 Å². The second-order valence-electron chi connectivity index (χ2n) is 4.82. The average Bonchev–Trinajstić information content (AvgIpc) is 2.88. The van der Waals surface area contributed by atoms with Gasteiger partial charge in [-0.15, -0.1) is 11.3 Å². The Bertz CT molecular complexity index is 400. The van der Waals surface area contributed by atoms with Gasteiger partial charge < -0.3 is 5.32 Å². The summed E-state index contributed by atoms with van der Waals surface area (Å²) in [6.07, 6.45) is 3.45. The molecular weight excluding hydrogens is 232 g/mol. The number of Topliss-reactive ketones (excluding diaryl/α,β-unsaturated/α-hetero) is 1. The number of thiazole rings is 1. The Balaban J connectivity index is 2.10. The van der Waals surface area contributed by atoms with E-state index in [9.17, 15) is 4.79 Å². The molecule has 1 aliphatic heterocycles. The largest absolute Gasteiger partial charge is 0.305 e. The molecule has 1 aromatic heterocycles. The Labute approximate surface area is 107 Å². The lowest BCUT2D eigenvalue weighted by molar-refractivity contribution is -0.124. The van der Waals surface area contributed by atoms with Crippen LogP contribution in [0.2, 0.25) is 0 Å². The standard InChI is InChI=1S/C13H20N2OS/c1-4-13(6-5-7-14-13)11(16)8-12-15-9(2)10(3)17-12/h14H,4-8H2,1-3H3. The van der Waals surface area contributed by atoms with Crippen LogP contribution in [0.4, 0.5) is 0 Å². The van der Waals surface area contributed by atoms with Gasteiger partial charge in [0.2, 0.25) is 0 Å². The van der Waals surface area contributed by atoms with E-state index in [1.54, 1.807) is 11.3 Å². The second kappa shape index (κ2) is 4.86. The number of ketones is 1. The molecule has 2 rings (SSSR count). The number of nitrogens with zero attached hydrogens (tertiary/aromatic N) is 1. The molecule has 1 aliphatic rings. The van der Waals surface area contributed by atoms with Crippen molar-refractivity contribution in [3.05, 3.63) is 15.6 Å². The van der Waals surface area contributed by atoms with Gasteiger partial charge in [-0.3, -0.25) is 4.79 Å². The van der Waals surface area contributed by atoms with E-state index in [0.717, 1.165) is 36.5 Å². The zero-order valence-electron chi connectivity index (χ0n) is 10.8. The number of aryl methyl sites for hydroxylation is 2. The van der Waals surface area contributed by atoms with Gasteiger partial charge in [-0.05, 0) is 39.7 Å². The minimum Gasteiger partial charge on any atom is -0.305 e. The fraction of sp³-hybridized carbons (Fsp3) is 0.692. The van der Waals surface area contributed by atoms with Crippen LogP contribution in [0.15, 0.2) is 0 Å². The highest BCUT2D eigenvalue weighted by Gasteiger charge is 2.38. The van der Waals surface area contributed by atoms with Crippen molar-refractivity contribution in [3.8, 4) is 0 Å². The minimum absolute atomic E-state index is 0.270. The Morgan fingerprint density at radius 3 is 2.76 bits per heavy atom.